The first-order valence-corrected chi connectivity index (χ1v) is 18.8. The smallest absolute Gasteiger partial charge is 0.408 e. The van der Waals surface area contributed by atoms with E-state index in [1.165, 1.54) is 26.5 Å². The van der Waals surface area contributed by atoms with E-state index in [9.17, 15) is 29.4 Å². The van der Waals surface area contributed by atoms with E-state index >= 15 is 0 Å². The molecule has 7 rings (SSSR count). The second kappa shape index (κ2) is 13.6. The predicted octanol–water partition coefficient (Wildman–Crippen LogP) is 4.37. The highest BCUT2D eigenvalue weighted by molar-refractivity contribution is 5.96. The number of carbonyl (C=O) groups is 4. The van der Waals surface area contributed by atoms with Gasteiger partial charge in [-0.1, -0.05) is 13.8 Å². The third kappa shape index (κ3) is 6.09. The van der Waals surface area contributed by atoms with Gasteiger partial charge in [0.15, 0.2) is 5.78 Å². The van der Waals surface area contributed by atoms with Gasteiger partial charge in [-0.15, -0.1) is 0 Å². The van der Waals surface area contributed by atoms with Gasteiger partial charge < -0.3 is 53.1 Å². The maximum Gasteiger partial charge on any atom is 0.408 e. The molecule has 3 aliphatic carbocycles. The van der Waals surface area contributed by atoms with Crippen LogP contribution in [0.4, 0.5) is 4.79 Å². The summed E-state index contributed by atoms with van der Waals surface area (Å²) < 4.78 is 46.9. The molecule has 5 aliphatic rings. The monoisotopic (exact) mass is 781 g/mol. The molecule has 0 spiro atoms. The number of amides is 1. The van der Waals surface area contributed by atoms with Gasteiger partial charge >= 0.3 is 18.0 Å². The molecule has 2 aromatic rings. The number of hydrogen-bond acceptors (Lipinski definition) is 14. The van der Waals surface area contributed by atoms with Crippen molar-refractivity contribution in [3.8, 4) is 11.5 Å². The number of ketones is 1. The molecule has 4 fully saturated rings. The van der Waals surface area contributed by atoms with Gasteiger partial charge in [-0.3, -0.25) is 9.59 Å². The van der Waals surface area contributed by atoms with Gasteiger partial charge in [0.2, 0.25) is 0 Å². The van der Waals surface area contributed by atoms with Gasteiger partial charge in [0.1, 0.15) is 64.0 Å². The molecule has 4 bridgehead atoms. The van der Waals surface area contributed by atoms with Crippen molar-refractivity contribution in [2.24, 2.45) is 16.7 Å². The van der Waals surface area contributed by atoms with Crippen LogP contribution in [0.15, 0.2) is 52.2 Å². The highest BCUT2D eigenvalue weighted by Crippen LogP contribution is 2.66. The molecule has 3 heterocycles. The maximum atomic E-state index is 14.9. The Hall–Kier alpha value is -4.44. The Kier molecular flexibility index (Phi) is 9.66. The Bertz CT molecular complexity index is 1950. The quantitative estimate of drug-likeness (QED) is 0.184. The van der Waals surface area contributed by atoms with E-state index in [-0.39, 0.29) is 48.7 Å². The van der Waals surface area contributed by atoms with Crippen LogP contribution < -0.4 is 14.8 Å². The lowest BCUT2D eigenvalue weighted by Crippen LogP contribution is -2.79. The Morgan fingerprint density at radius 2 is 1.77 bits per heavy atom. The fourth-order valence-electron chi connectivity index (χ4n) is 9.74. The second-order valence-corrected chi connectivity index (χ2v) is 17.3. The molecule has 15 nitrogen and oxygen atoms in total. The number of esters is 2. The number of methoxy groups -OCH3 is 2. The first-order chi connectivity index (χ1) is 26.2. The number of Topliss-reactive ketones (excluding diaryl/α,β-unsaturated/α-hetero) is 1. The summed E-state index contributed by atoms with van der Waals surface area (Å²) in [6.07, 6.45) is -5.30. The summed E-state index contributed by atoms with van der Waals surface area (Å²) in [5.41, 5.74) is -6.51. The molecule has 0 radical (unpaired) electrons. The van der Waals surface area contributed by atoms with Crippen molar-refractivity contribution in [3.63, 3.8) is 0 Å². The van der Waals surface area contributed by atoms with Gasteiger partial charge in [-0.05, 0) is 76.1 Å². The van der Waals surface area contributed by atoms with E-state index in [0.29, 0.717) is 16.9 Å². The molecule has 56 heavy (non-hydrogen) atoms. The van der Waals surface area contributed by atoms with Gasteiger partial charge in [0, 0.05) is 24.2 Å². The Labute approximate surface area is 324 Å². The van der Waals surface area contributed by atoms with Crippen molar-refractivity contribution >= 4 is 23.8 Å². The van der Waals surface area contributed by atoms with Crippen molar-refractivity contribution in [3.05, 3.63) is 59.1 Å². The van der Waals surface area contributed by atoms with Crippen LogP contribution in [0, 0.1) is 16.7 Å². The number of hydrogen-bond donors (Lipinski definition) is 3. The van der Waals surface area contributed by atoms with Crippen molar-refractivity contribution in [2.75, 3.05) is 20.8 Å². The van der Waals surface area contributed by atoms with E-state index in [1.54, 1.807) is 72.7 Å². The number of fused-ring (bicyclic) bond motifs is 6. The zero-order valence-electron chi connectivity index (χ0n) is 33.1. The van der Waals surface area contributed by atoms with Gasteiger partial charge in [-0.2, -0.15) is 0 Å². The van der Waals surface area contributed by atoms with Crippen LogP contribution in [0.25, 0.3) is 0 Å². The van der Waals surface area contributed by atoms with Crippen molar-refractivity contribution in [2.45, 2.75) is 121 Å². The largest absolute Gasteiger partial charge is 0.497 e. The van der Waals surface area contributed by atoms with E-state index in [0.717, 1.165) is 0 Å². The number of alkyl carbamates (subject to hydrolysis) is 1. The van der Waals surface area contributed by atoms with Gasteiger partial charge in [0.05, 0.1) is 51.1 Å². The summed E-state index contributed by atoms with van der Waals surface area (Å²) in [5, 5.41) is 28.5. The first kappa shape index (κ1) is 39.8. The highest BCUT2D eigenvalue weighted by Gasteiger charge is 2.79. The summed E-state index contributed by atoms with van der Waals surface area (Å²) >= 11 is 0. The Morgan fingerprint density at radius 1 is 1.04 bits per heavy atom. The standard InChI is InChI=1S/C41H51NO14/c1-20-26(53-29(43)16-23(25-11-10-14-51-25)42-36(46)56-37(2,3)4)18-41(48)34(55-35(45)22-15-21(49-8)12-13-24(22)50-9)32-39(7)27(17-28-40(32,47)19-52-28)54-31(33(39)44)30(20)38(41,5)6/h10-15,23,26-28,31-32,34,47-48H,16-19H2,1-9H3,(H,42,46)/t23-,26+,27-,28-,31+,32?,34+,39-,40+,41-/m1/s1. The van der Waals surface area contributed by atoms with Crippen molar-refractivity contribution in [1.82, 2.24) is 5.32 Å². The summed E-state index contributed by atoms with van der Waals surface area (Å²) in [5.74, 6) is -2.45. The minimum atomic E-state index is -2.08. The molecule has 1 unspecified atom stereocenters. The lowest BCUT2D eigenvalue weighted by atomic mass is 9.46. The molecule has 304 valence electrons. The van der Waals surface area contributed by atoms with Crippen molar-refractivity contribution < 1.29 is 67.0 Å². The van der Waals surface area contributed by atoms with Gasteiger partial charge in [0.25, 0.3) is 0 Å². The number of furan rings is 1. The SMILES string of the molecule is COc1ccc(OC)c(C(=O)O[C@H]2C3[C@]4(O)CO[C@@H]4C[C@H]4O[C@H](C(=O)[C@@]34C)C3=C(C)[C@@H](OC(=O)C[C@@H](NC(=O)OC(C)(C)C)c4ccco4)C[C@]2(O)C3(C)C)c1. The average Bonchev–Trinajstić information content (AvgIpc) is 3.74. The van der Waals surface area contributed by atoms with Crippen LogP contribution in [0.5, 0.6) is 11.5 Å². The van der Waals surface area contributed by atoms with E-state index < -0.39 is 88.1 Å². The molecular formula is C41H51NO14. The Balaban J connectivity index is 1.31. The molecule has 1 aromatic heterocycles. The lowest BCUT2D eigenvalue weighted by Gasteiger charge is -2.64. The second-order valence-electron chi connectivity index (χ2n) is 17.3. The topological polar surface area (TPSA) is 199 Å². The number of benzene rings is 1. The van der Waals surface area contributed by atoms with Crippen LogP contribution in [0.3, 0.4) is 0 Å². The van der Waals surface area contributed by atoms with Crippen LogP contribution >= 0.6 is 0 Å². The summed E-state index contributed by atoms with van der Waals surface area (Å²) in [7, 11) is 2.84. The fraction of sp³-hybridized carbons (Fsp3) is 0.610. The third-order valence-electron chi connectivity index (χ3n) is 12.7. The number of aliphatic hydroxyl groups is 2. The number of ether oxygens (including phenoxy) is 7. The van der Waals surface area contributed by atoms with E-state index in [1.807, 2.05) is 0 Å². The predicted molar refractivity (Wildman–Crippen MR) is 195 cm³/mol. The Morgan fingerprint density at radius 3 is 2.38 bits per heavy atom. The fourth-order valence-corrected chi connectivity index (χ4v) is 9.74. The normalized spacial score (nSPS) is 34.5. The lowest BCUT2D eigenvalue weighted by molar-refractivity contribution is -0.335. The summed E-state index contributed by atoms with van der Waals surface area (Å²) in [6.45, 7) is 11.8. The molecule has 2 saturated heterocycles. The van der Waals surface area contributed by atoms with Crippen LogP contribution in [0.1, 0.15) is 89.9 Å². The average molecular weight is 782 g/mol. The van der Waals surface area contributed by atoms with Crippen LogP contribution in [0.2, 0.25) is 0 Å². The molecule has 1 amide bonds. The molecule has 1 aromatic carbocycles. The first-order valence-electron chi connectivity index (χ1n) is 18.8. The maximum absolute atomic E-state index is 14.9. The summed E-state index contributed by atoms with van der Waals surface area (Å²) in [4.78, 5) is 56.1. The van der Waals surface area contributed by atoms with Gasteiger partial charge in [-0.25, -0.2) is 9.59 Å². The zero-order valence-corrected chi connectivity index (χ0v) is 33.1. The summed E-state index contributed by atoms with van der Waals surface area (Å²) in [6, 6.07) is 6.83. The molecule has 2 saturated carbocycles. The number of nitrogens with one attached hydrogen (secondary N) is 1. The molecule has 10 atom stereocenters. The van der Waals surface area contributed by atoms with E-state index in [2.05, 4.69) is 5.32 Å². The van der Waals surface area contributed by atoms with Crippen LogP contribution in [-0.4, -0.2) is 102 Å². The molecule has 2 aliphatic heterocycles. The van der Waals surface area contributed by atoms with E-state index in [4.69, 9.17) is 37.6 Å². The minimum Gasteiger partial charge on any atom is -0.497 e. The highest BCUT2D eigenvalue weighted by atomic mass is 16.6. The van der Waals surface area contributed by atoms with Crippen LogP contribution in [-0.2, 0) is 33.3 Å². The van der Waals surface area contributed by atoms with Crippen molar-refractivity contribution in [1.29, 1.82) is 0 Å². The zero-order chi connectivity index (χ0) is 40.7. The third-order valence-corrected chi connectivity index (χ3v) is 12.7. The molecular weight excluding hydrogens is 730 g/mol. The molecule has 3 N–H and O–H groups in total. The number of rotatable bonds is 9. The minimum absolute atomic E-state index is 0.0136. The number of carbonyl (C=O) groups excluding carboxylic acids is 4. The molecule has 15 heteroatoms.